The Morgan fingerprint density at radius 1 is 1.19 bits per heavy atom. The number of nitrogens with one attached hydrogen (secondary N) is 1. The Balaban J connectivity index is 0.000000677. The molecule has 1 aromatic carbocycles. The maximum atomic E-state index is 4.23. The van der Waals surface area contributed by atoms with Crippen molar-refractivity contribution in [3.05, 3.63) is 48.2 Å². The van der Waals surface area contributed by atoms with Crippen LogP contribution in [0, 0.1) is 11.8 Å². The van der Waals surface area contributed by atoms with Gasteiger partial charge in [0, 0.05) is 12.2 Å². The molecule has 0 aliphatic heterocycles. The third-order valence-corrected chi connectivity index (χ3v) is 4.04. The SMILES string of the molecule is C=C(NCCc1ccccc1)C1CCCC(C)C1.CCC. The minimum Gasteiger partial charge on any atom is -0.388 e. The van der Waals surface area contributed by atoms with Crippen LogP contribution < -0.4 is 5.32 Å². The largest absolute Gasteiger partial charge is 0.388 e. The summed E-state index contributed by atoms with van der Waals surface area (Å²) in [5.41, 5.74) is 2.66. The summed E-state index contributed by atoms with van der Waals surface area (Å²) in [7, 11) is 0. The van der Waals surface area contributed by atoms with Crippen molar-refractivity contribution in [2.24, 2.45) is 11.8 Å². The van der Waals surface area contributed by atoms with Crippen molar-refractivity contribution in [1.29, 1.82) is 0 Å². The van der Waals surface area contributed by atoms with Gasteiger partial charge in [-0.1, -0.05) is 76.9 Å². The molecular formula is C20H33N. The molecule has 1 aromatic rings. The molecule has 1 N–H and O–H groups in total. The van der Waals surface area contributed by atoms with Crippen molar-refractivity contribution >= 4 is 0 Å². The Labute approximate surface area is 131 Å². The standard InChI is InChI=1S/C17H25N.C3H8/c1-14-7-6-10-17(13-14)15(2)18-12-11-16-8-4-3-5-9-16;1-3-2/h3-5,8-9,14,17-18H,2,6-7,10-13H2,1H3;3H2,1-2H3. The van der Waals surface area contributed by atoms with E-state index < -0.39 is 0 Å². The first-order chi connectivity index (χ1) is 10.2. The zero-order valence-electron chi connectivity index (χ0n) is 14.2. The van der Waals surface area contributed by atoms with E-state index >= 15 is 0 Å². The van der Waals surface area contributed by atoms with E-state index in [2.05, 4.69) is 63.0 Å². The molecular weight excluding hydrogens is 254 g/mol. The van der Waals surface area contributed by atoms with E-state index in [1.807, 2.05) is 0 Å². The van der Waals surface area contributed by atoms with Gasteiger partial charge in [-0.15, -0.1) is 0 Å². The molecule has 1 fully saturated rings. The predicted molar refractivity (Wildman–Crippen MR) is 94.4 cm³/mol. The zero-order valence-corrected chi connectivity index (χ0v) is 14.2. The number of hydrogen-bond donors (Lipinski definition) is 1. The highest BCUT2D eigenvalue weighted by molar-refractivity contribution is 5.15. The highest BCUT2D eigenvalue weighted by Crippen LogP contribution is 2.31. The monoisotopic (exact) mass is 287 g/mol. The first-order valence-electron chi connectivity index (χ1n) is 8.63. The third kappa shape index (κ3) is 7.36. The average molecular weight is 287 g/mol. The summed E-state index contributed by atoms with van der Waals surface area (Å²) in [6, 6.07) is 10.7. The molecule has 118 valence electrons. The van der Waals surface area contributed by atoms with Crippen LogP contribution in [0.15, 0.2) is 42.6 Å². The van der Waals surface area contributed by atoms with E-state index in [9.17, 15) is 0 Å². The minimum atomic E-state index is 0.699. The lowest BCUT2D eigenvalue weighted by molar-refractivity contribution is 0.305. The number of rotatable bonds is 5. The molecule has 1 nitrogen and oxygen atoms in total. The van der Waals surface area contributed by atoms with E-state index in [1.54, 1.807) is 0 Å². The van der Waals surface area contributed by atoms with Gasteiger partial charge in [-0.25, -0.2) is 0 Å². The van der Waals surface area contributed by atoms with Crippen molar-refractivity contribution in [1.82, 2.24) is 5.32 Å². The molecule has 1 heteroatoms. The topological polar surface area (TPSA) is 12.0 Å². The Hall–Kier alpha value is -1.24. The molecule has 21 heavy (non-hydrogen) atoms. The van der Waals surface area contributed by atoms with Gasteiger partial charge in [0.15, 0.2) is 0 Å². The van der Waals surface area contributed by atoms with Crippen molar-refractivity contribution < 1.29 is 0 Å². The van der Waals surface area contributed by atoms with Crippen LogP contribution >= 0.6 is 0 Å². The summed E-state index contributed by atoms with van der Waals surface area (Å²) in [5.74, 6) is 1.57. The van der Waals surface area contributed by atoms with Gasteiger partial charge in [-0.05, 0) is 36.7 Å². The van der Waals surface area contributed by atoms with Gasteiger partial charge in [-0.3, -0.25) is 0 Å². The second-order valence-corrected chi connectivity index (χ2v) is 6.36. The second kappa shape index (κ2) is 10.5. The van der Waals surface area contributed by atoms with Crippen molar-refractivity contribution in [3.8, 4) is 0 Å². The van der Waals surface area contributed by atoms with E-state index in [0.717, 1.165) is 18.9 Å². The molecule has 2 atom stereocenters. The van der Waals surface area contributed by atoms with Crippen LogP contribution in [0.1, 0.15) is 58.4 Å². The van der Waals surface area contributed by atoms with Crippen LogP contribution in [0.2, 0.25) is 0 Å². The summed E-state index contributed by atoms with van der Waals surface area (Å²) in [6.07, 6.45) is 7.74. The fourth-order valence-electron chi connectivity index (χ4n) is 2.91. The first kappa shape index (κ1) is 17.8. The molecule has 1 aliphatic carbocycles. The Bertz CT molecular complexity index is 382. The second-order valence-electron chi connectivity index (χ2n) is 6.36. The Morgan fingerprint density at radius 2 is 1.86 bits per heavy atom. The molecule has 0 aromatic heterocycles. The van der Waals surface area contributed by atoms with Gasteiger partial charge < -0.3 is 5.32 Å². The minimum absolute atomic E-state index is 0.699. The number of benzene rings is 1. The van der Waals surface area contributed by atoms with Crippen molar-refractivity contribution in [2.45, 2.75) is 59.3 Å². The summed E-state index contributed by atoms with van der Waals surface area (Å²) in [6.45, 7) is 11.9. The van der Waals surface area contributed by atoms with Crippen molar-refractivity contribution in [2.75, 3.05) is 6.54 Å². The smallest absolute Gasteiger partial charge is 0.0184 e. The van der Waals surface area contributed by atoms with Gasteiger partial charge in [0.2, 0.25) is 0 Å². The highest BCUT2D eigenvalue weighted by atomic mass is 14.9. The fraction of sp³-hybridized carbons (Fsp3) is 0.600. The molecule has 1 aliphatic rings. The van der Waals surface area contributed by atoms with E-state index in [1.165, 1.54) is 43.4 Å². The van der Waals surface area contributed by atoms with Crippen LogP contribution in [0.5, 0.6) is 0 Å². The Kier molecular flexibility index (Phi) is 8.89. The van der Waals surface area contributed by atoms with E-state index in [4.69, 9.17) is 0 Å². The molecule has 0 amide bonds. The highest BCUT2D eigenvalue weighted by Gasteiger charge is 2.20. The summed E-state index contributed by atoms with van der Waals surface area (Å²) in [5, 5.41) is 3.53. The molecule has 0 spiro atoms. The molecule has 2 rings (SSSR count). The zero-order chi connectivity index (χ0) is 15.5. The Morgan fingerprint density at radius 3 is 2.48 bits per heavy atom. The molecule has 0 radical (unpaired) electrons. The normalized spacial score (nSPS) is 21.1. The molecule has 1 saturated carbocycles. The third-order valence-electron chi connectivity index (χ3n) is 4.04. The summed E-state index contributed by atoms with van der Waals surface area (Å²) >= 11 is 0. The quantitative estimate of drug-likeness (QED) is 0.746. The van der Waals surface area contributed by atoms with Crippen LogP contribution in [0.4, 0.5) is 0 Å². The molecule has 2 unspecified atom stereocenters. The van der Waals surface area contributed by atoms with Crippen molar-refractivity contribution in [3.63, 3.8) is 0 Å². The van der Waals surface area contributed by atoms with Crippen LogP contribution in [-0.4, -0.2) is 6.54 Å². The van der Waals surface area contributed by atoms with Crippen LogP contribution in [-0.2, 0) is 6.42 Å². The average Bonchev–Trinajstić information content (AvgIpc) is 2.49. The van der Waals surface area contributed by atoms with Gasteiger partial charge in [0.1, 0.15) is 0 Å². The van der Waals surface area contributed by atoms with E-state index in [0.29, 0.717) is 5.92 Å². The van der Waals surface area contributed by atoms with Crippen LogP contribution in [0.3, 0.4) is 0 Å². The van der Waals surface area contributed by atoms with Crippen LogP contribution in [0.25, 0.3) is 0 Å². The predicted octanol–water partition coefficient (Wildman–Crippen LogP) is 5.58. The summed E-state index contributed by atoms with van der Waals surface area (Å²) in [4.78, 5) is 0. The lowest BCUT2D eigenvalue weighted by Gasteiger charge is -2.28. The lowest BCUT2D eigenvalue weighted by Crippen LogP contribution is -2.25. The number of hydrogen-bond acceptors (Lipinski definition) is 1. The van der Waals surface area contributed by atoms with E-state index in [-0.39, 0.29) is 0 Å². The molecule has 0 heterocycles. The maximum absolute atomic E-state index is 4.23. The van der Waals surface area contributed by atoms with Gasteiger partial charge in [-0.2, -0.15) is 0 Å². The lowest BCUT2D eigenvalue weighted by atomic mass is 9.81. The molecule has 0 bridgehead atoms. The summed E-state index contributed by atoms with van der Waals surface area (Å²) < 4.78 is 0. The fourth-order valence-corrected chi connectivity index (χ4v) is 2.91. The van der Waals surface area contributed by atoms with Gasteiger partial charge >= 0.3 is 0 Å². The van der Waals surface area contributed by atoms with Gasteiger partial charge in [0.25, 0.3) is 0 Å². The molecule has 0 saturated heterocycles. The number of allylic oxidation sites excluding steroid dienone is 1. The maximum Gasteiger partial charge on any atom is 0.0184 e. The first-order valence-corrected chi connectivity index (χ1v) is 8.63. The van der Waals surface area contributed by atoms with Gasteiger partial charge in [0.05, 0.1) is 0 Å².